The highest BCUT2D eigenvalue weighted by Crippen LogP contribution is 2.21. The monoisotopic (exact) mass is 487 g/mol. The van der Waals surface area contributed by atoms with Crippen LogP contribution in [0.2, 0.25) is 0 Å². The number of carbonyl (C=O) groups excluding carboxylic acids is 1. The number of hydrogen-bond acceptors (Lipinski definition) is 6. The van der Waals surface area contributed by atoms with E-state index in [4.69, 9.17) is 14.8 Å². The van der Waals surface area contributed by atoms with Gasteiger partial charge < -0.3 is 10.1 Å². The average molecular weight is 488 g/mol. The first-order valence-corrected chi connectivity index (χ1v) is 12.6. The van der Waals surface area contributed by atoms with Gasteiger partial charge in [-0.2, -0.15) is 10.2 Å². The summed E-state index contributed by atoms with van der Waals surface area (Å²) in [5.41, 5.74) is 3.66. The Kier molecular flexibility index (Phi) is 7.27. The number of benzene rings is 1. The molecule has 4 heterocycles. The predicted octanol–water partition coefficient (Wildman–Crippen LogP) is 3.18. The fourth-order valence-corrected chi connectivity index (χ4v) is 4.53. The smallest absolute Gasteiger partial charge is 0.241 e. The highest BCUT2D eigenvalue weighted by molar-refractivity contribution is 5.76. The Hall–Kier alpha value is -3.72. The number of nitrogens with zero attached hydrogens (tertiary/aromatic N) is 6. The maximum absolute atomic E-state index is 12.1. The average Bonchev–Trinajstić information content (AvgIpc) is 3.60. The number of ether oxygens (including phenoxy) is 1. The van der Waals surface area contributed by atoms with Crippen LogP contribution in [-0.4, -0.2) is 67.5 Å². The van der Waals surface area contributed by atoms with Crippen LogP contribution in [-0.2, 0) is 17.8 Å². The predicted molar refractivity (Wildman–Crippen MR) is 138 cm³/mol. The van der Waals surface area contributed by atoms with Crippen LogP contribution in [0.3, 0.4) is 0 Å². The van der Waals surface area contributed by atoms with E-state index in [1.54, 1.807) is 10.9 Å². The molecule has 0 atom stereocenters. The molecular formula is C27H33N7O2. The number of rotatable bonds is 10. The van der Waals surface area contributed by atoms with Crippen LogP contribution >= 0.6 is 0 Å². The number of carbonyl (C=O) groups is 1. The van der Waals surface area contributed by atoms with E-state index in [0.717, 1.165) is 47.2 Å². The first kappa shape index (κ1) is 24.0. The van der Waals surface area contributed by atoms with Gasteiger partial charge in [-0.15, -0.1) is 0 Å². The lowest BCUT2D eigenvalue weighted by Crippen LogP contribution is -2.33. The maximum atomic E-state index is 12.1. The second-order valence-electron chi connectivity index (χ2n) is 9.58. The molecule has 0 saturated carbocycles. The molecule has 0 spiro atoms. The quantitative estimate of drug-likeness (QED) is 0.370. The number of nitrogens with one attached hydrogen (secondary N) is 1. The zero-order valence-corrected chi connectivity index (χ0v) is 20.9. The third-order valence-corrected chi connectivity index (χ3v) is 6.25. The minimum Gasteiger partial charge on any atom is -0.492 e. The van der Waals surface area contributed by atoms with E-state index < -0.39 is 0 Å². The number of aromatic nitrogens is 5. The molecule has 1 N–H and O–H groups in total. The Balaban J connectivity index is 1.24. The topological polar surface area (TPSA) is 89.6 Å². The third kappa shape index (κ3) is 5.91. The van der Waals surface area contributed by atoms with E-state index >= 15 is 0 Å². The van der Waals surface area contributed by atoms with Gasteiger partial charge in [-0.05, 0) is 69.6 Å². The van der Waals surface area contributed by atoms with Gasteiger partial charge in [-0.1, -0.05) is 18.2 Å². The molecule has 4 aromatic rings. The molecule has 9 heteroatoms. The Morgan fingerprint density at radius 3 is 2.69 bits per heavy atom. The van der Waals surface area contributed by atoms with Crippen molar-refractivity contribution in [3.05, 3.63) is 66.2 Å². The zero-order chi connectivity index (χ0) is 24.9. The van der Waals surface area contributed by atoms with E-state index in [1.807, 2.05) is 54.9 Å². The number of pyridine rings is 1. The molecule has 1 fully saturated rings. The SMILES string of the molecule is CC(C)NC(=O)Cn1cc(-c2cccc3nc(Cc4ccc(OCCN5CCCC5)cc4)nn23)cn1. The van der Waals surface area contributed by atoms with Crippen molar-refractivity contribution in [2.45, 2.75) is 45.7 Å². The van der Waals surface area contributed by atoms with Crippen molar-refractivity contribution in [1.82, 2.24) is 34.6 Å². The summed E-state index contributed by atoms with van der Waals surface area (Å²) in [5.74, 6) is 1.57. The highest BCUT2D eigenvalue weighted by atomic mass is 16.5. The summed E-state index contributed by atoms with van der Waals surface area (Å²) in [6.45, 7) is 8.13. The minimum absolute atomic E-state index is 0.0658. The molecule has 1 amide bonds. The maximum Gasteiger partial charge on any atom is 0.241 e. The Morgan fingerprint density at radius 2 is 1.92 bits per heavy atom. The van der Waals surface area contributed by atoms with Gasteiger partial charge in [-0.3, -0.25) is 14.4 Å². The van der Waals surface area contributed by atoms with Crippen molar-refractivity contribution >= 4 is 11.6 Å². The van der Waals surface area contributed by atoms with Crippen LogP contribution in [0.1, 0.15) is 38.1 Å². The van der Waals surface area contributed by atoms with Gasteiger partial charge in [0.15, 0.2) is 11.5 Å². The van der Waals surface area contributed by atoms with Gasteiger partial charge in [0.25, 0.3) is 0 Å². The molecule has 0 radical (unpaired) electrons. The van der Waals surface area contributed by atoms with Crippen molar-refractivity contribution in [3.63, 3.8) is 0 Å². The van der Waals surface area contributed by atoms with E-state index in [9.17, 15) is 4.79 Å². The molecule has 9 nitrogen and oxygen atoms in total. The summed E-state index contributed by atoms with van der Waals surface area (Å²) in [5, 5.41) is 12.0. The van der Waals surface area contributed by atoms with Crippen molar-refractivity contribution in [3.8, 4) is 17.0 Å². The molecular weight excluding hydrogens is 454 g/mol. The number of amides is 1. The first-order chi connectivity index (χ1) is 17.5. The Bertz CT molecular complexity index is 1300. The molecule has 0 unspecified atom stereocenters. The van der Waals surface area contributed by atoms with E-state index in [-0.39, 0.29) is 18.5 Å². The summed E-state index contributed by atoms with van der Waals surface area (Å²) in [4.78, 5) is 19.2. The second kappa shape index (κ2) is 10.9. The molecule has 3 aromatic heterocycles. The van der Waals surface area contributed by atoms with Crippen LogP contribution in [0.5, 0.6) is 5.75 Å². The summed E-state index contributed by atoms with van der Waals surface area (Å²) < 4.78 is 9.39. The number of likely N-dealkylation sites (tertiary alicyclic amines) is 1. The fraction of sp³-hybridized carbons (Fsp3) is 0.407. The molecule has 0 aliphatic carbocycles. The van der Waals surface area contributed by atoms with Crippen molar-refractivity contribution < 1.29 is 9.53 Å². The van der Waals surface area contributed by atoms with Crippen molar-refractivity contribution in [1.29, 1.82) is 0 Å². The molecule has 1 aliphatic heterocycles. The van der Waals surface area contributed by atoms with Gasteiger partial charge >= 0.3 is 0 Å². The van der Waals surface area contributed by atoms with Crippen molar-refractivity contribution in [2.75, 3.05) is 26.2 Å². The molecule has 1 aliphatic rings. The Morgan fingerprint density at radius 1 is 1.11 bits per heavy atom. The standard InChI is InChI=1S/C27H33N7O2/c1-20(2)29-27(35)19-33-18-22(17-28-33)24-6-5-7-26-30-25(31-34(24)26)16-21-8-10-23(11-9-21)36-15-14-32-12-3-4-13-32/h5-11,17-18,20H,3-4,12-16,19H2,1-2H3,(H,29,35). The van der Waals surface area contributed by atoms with Crippen LogP contribution in [0, 0.1) is 0 Å². The summed E-state index contributed by atoms with van der Waals surface area (Å²) >= 11 is 0. The normalized spacial score (nSPS) is 14.1. The molecule has 5 rings (SSSR count). The number of hydrogen-bond donors (Lipinski definition) is 1. The number of fused-ring (bicyclic) bond motifs is 1. The van der Waals surface area contributed by atoms with E-state index in [1.165, 1.54) is 25.9 Å². The Labute approximate surface area is 211 Å². The lowest BCUT2D eigenvalue weighted by Gasteiger charge is -2.14. The zero-order valence-electron chi connectivity index (χ0n) is 20.9. The first-order valence-electron chi connectivity index (χ1n) is 12.6. The van der Waals surface area contributed by atoms with Gasteiger partial charge in [-0.25, -0.2) is 9.50 Å². The van der Waals surface area contributed by atoms with Crippen molar-refractivity contribution in [2.24, 2.45) is 0 Å². The van der Waals surface area contributed by atoms with Crippen LogP contribution in [0.4, 0.5) is 0 Å². The van der Waals surface area contributed by atoms with Crippen LogP contribution < -0.4 is 10.1 Å². The highest BCUT2D eigenvalue weighted by Gasteiger charge is 2.13. The van der Waals surface area contributed by atoms with E-state index in [0.29, 0.717) is 6.42 Å². The molecule has 1 saturated heterocycles. The fourth-order valence-electron chi connectivity index (χ4n) is 4.53. The summed E-state index contributed by atoms with van der Waals surface area (Å²) in [6, 6.07) is 14.2. The molecule has 36 heavy (non-hydrogen) atoms. The van der Waals surface area contributed by atoms with Gasteiger partial charge in [0, 0.05) is 30.8 Å². The molecule has 1 aromatic carbocycles. The lowest BCUT2D eigenvalue weighted by molar-refractivity contribution is -0.122. The second-order valence-corrected chi connectivity index (χ2v) is 9.58. The van der Waals surface area contributed by atoms with Gasteiger partial charge in [0.2, 0.25) is 5.91 Å². The van der Waals surface area contributed by atoms with Gasteiger partial charge in [0.1, 0.15) is 18.9 Å². The van der Waals surface area contributed by atoms with Crippen LogP contribution in [0.25, 0.3) is 16.9 Å². The lowest BCUT2D eigenvalue weighted by atomic mass is 10.1. The largest absolute Gasteiger partial charge is 0.492 e. The molecule has 0 bridgehead atoms. The van der Waals surface area contributed by atoms with E-state index in [2.05, 4.69) is 27.4 Å². The minimum atomic E-state index is -0.0658. The van der Waals surface area contributed by atoms with Gasteiger partial charge in [0.05, 0.1) is 11.9 Å². The van der Waals surface area contributed by atoms with Crippen LogP contribution in [0.15, 0.2) is 54.9 Å². The summed E-state index contributed by atoms with van der Waals surface area (Å²) in [6.07, 6.45) is 6.84. The summed E-state index contributed by atoms with van der Waals surface area (Å²) in [7, 11) is 0. The molecule has 188 valence electrons. The third-order valence-electron chi connectivity index (χ3n) is 6.25.